The SMILES string of the molecule is Cc1ccc(C)c2[cH-]ccc12.[Cl][Ti+]([Cl])[Cl]. The van der Waals surface area contributed by atoms with Gasteiger partial charge in [0.2, 0.25) is 0 Å². The molecule has 0 aromatic heterocycles. The third kappa shape index (κ3) is 4.05. The first-order chi connectivity index (χ1) is 7.02. The minimum atomic E-state index is -1.92. The van der Waals surface area contributed by atoms with E-state index in [0.717, 1.165) is 0 Å². The molecule has 0 unspecified atom stereocenters. The molecule has 0 saturated carbocycles. The number of benzene rings is 1. The van der Waals surface area contributed by atoms with Crippen LogP contribution in [0.25, 0.3) is 10.8 Å². The van der Waals surface area contributed by atoms with Crippen molar-refractivity contribution in [3.63, 3.8) is 0 Å². The molecule has 2 aromatic rings. The molecule has 80 valence electrons. The summed E-state index contributed by atoms with van der Waals surface area (Å²) < 4.78 is 0. The zero-order valence-corrected chi connectivity index (χ0v) is 12.3. The topological polar surface area (TPSA) is 0 Å². The second kappa shape index (κ2) is 6.22. The minimum absolute atomic E-state index is 1.37. The molecule has 0 saturated heterocycles. The molecule has 0 heterocycles. The summed E-state index contributed by atoms with van der Waals surface area (Å²) in [6.07, 6.45) is 0. The molecule has 0 aliphatic rings. The van der Waals surface area contributed by atoms with Crippen LogP contribution in [0.2, 0.25) is 0 Å². The van der Waals surface area contributed by atoms with Crippen LogP contribution in [0.15, 0.2) is 30.3 Å². The second-order valence-electron chi connectivity index (χ2n) is 3.27. The predicted molar refractivity (Wildman–Crippen MR) is 66.6 cm³/mol. The molecule has 0 atom stereocenters. The van der Waals surface area contributed by atoms with Crippen LogP contribution in [0.5, 0.6) is 0 Å². The van der Waals surface area contributed by atoms with E-state index in [9.17, 15) is 0 Å². The van der Waals surface area contributed by atoms with Crippen molar-refractivity contribution >= 4 is 38.7 Å². The number of aryl methyl sites for hydroxylation is 2. The maximum atomic E-state index is 4.97. The number of rotatable bonds is 0. The van der Waals surface area contributed by atoms with E-state index in [2.05, 4.69) is 44.2 Å². The Kier molecular flexibility index (Phi) is 5.59. The van der Waals surface area contributed by atoms with Gasteiger partial charge < -0.3 is 0 Å². The first-order valence-corrected chi connectivity index (χ1v) is 10.9. The Bertz CT molecular complexity index is 396. The first kappa shape index (κ1) is 13.5. The molecule has 2 rings (SSSR count). The van der Waals surface area contributed by atoms with Gasteiger partial charge in [0.1, 0.15) is 0 Å². The predicted octanol–water partition coefficient (Wildman–Crippen LogP) is 5.24. The summed E-state index contributed by atoms with van der Waals surface area (Å²) in [6.45, 7) is 4.31. The Morgan fingerprint density at radius 3 is 2.07 bits per heavy atom. The molecule has 0 aliphatic heterocycles. The van der Waals surface area contributed by atoms with Gasteiger partial charge in [0, 0.05) is 0 Å². The van der Waals surface area contributed by atoms with E-state index in [1.807, 2.05) is 0 Å². The van der Waals surface area contributed by atoms with Crippen molar-refractivity contribution < 1.29 is 14.7 Å². The van der Waals surface area contributed by atoms with Gasteiger partial charge in [-0.3, -0.25) is 0 Å². The van der Waals surface area contributed by atoms with Crippen LogP contribution < -0.4 is 0 Å². The van der Waals surface area contributed by atoms with Crippen molar-refractivity contribution in [2.45, 2.75) is 13.8 Å². The third-order valence-corrected chi connectivity index (χ3v) is 2.25. The van der Waals surface area contributed by atoms with Crippen molar-refractivity contribution in [3.05, 3.63) is 41.5 Å². The molecule has 15 heavy (non-hydrogen) atoms. The van der Waals surface area contributed by atoms with E-state index in [-0.39, 0.29) is 0 Å². The zero-order valence-electron chi connectivity index (χ0n) is 8.52. The van der Waals surface area contributed by atoms with E-state index in [1.165, 1.54) is 21.9 Å². The Morgan fingerprint density at radius 2 is 1.53 bits per heavy atom. The summed E-state index contributed by atoms with van der Waals surface area (Å²) in [5, 5.41) is 2.79. The summed E-state index contributed by atoms with van der Waals surface area (Å²) in [5.41, 5.74) is 2.74. The molecule has 2 aromatic carbocycles. The van der Waals surface area contributed by atoms with Crippen molar-refractivity contribution in [2.75, 3.05) is 0 Å². The summed E-state index contributed by atoms with van der Waals surface area (Å²) in [6, 6.07) is 10.8. The molecular formula is C11H11Cl3Ti. The van der Waals surface area contributed by atoms with Gasteiger partial charge in [-0.1, -0.05) is 18.6 Å². The van der Waals surface area contributed by atoms with E-state index in [0.29, 0.717) is 0 Å². The average molecular weight is 297 g/mol. The average Bonchev–Trinajstić information content (AvgIpc) is 2.60. The molecule has 0 amide bonds. The van der Waals surface area contributed by atoms with Crippen LogP contribution in [0, 0.1) is 13.8 Å². The molecule has 0 fully saturated rings. The van der Waals surface area contributed by atoms with Crippen LogP contribution in [0.1, 0.15) is 11.1 Å². The molecule has 0 nitrogen and oxygen atoms in total. The Hall–Kier alpha value is 0.414. The Morgan fingerprint density at radius 1 is 1.00 bits per heavy atom. The van der Waals surface area contributed by atoms with Gasteiger partial charge in [-0.25, -0.2) is 0 Å². The van der Waals surface area contributed by atoms with Gasteiger partial charge in [-0.15, -0.1) is 28.5 Å². The Balaban J connectivity index is 0.000000245. The second-order valence-corrected chi connectivity index (χ2v) is 11.0. The summed E-state index contributed by atoms with van der Waals surface area (Å²) in [5.74, 6) is 0. The van der Waals surface area contributed by atoms with Gasteiger partial charge >= 0.3 is 42.6 Å². The van der Waals surface area contributed by atoms with Crippen LogP contribution in [0.3, 0.4) is 0 Å². The zero-order chi connectivity index (χ0) is 11.4. The molecule has 0 radical (unpaired) electrons. The van der Waals surface area contributed by atoms with Crippen molar-refractivity contribution in [1.29, 1.82) is 0 Å². The molecule has 0 bridgehead atoms. The van der Waals surface area contributed by atoms with Crippen LogP contribution in [-0.4, -0.2) is 0 Å². The quantitative estimate of drug-likeness (QED) is 0.461. The number of fused-ring (bicyclic) bond motifs is 1. The monoisotopic (exact) mass is 296 g/mol. The first-order valence-electron chi connectivity index (χ1n) is 4.47. The summed E-state index contributed by atoms with van der Waals surface area (Å²) >= 11 is -1.92. The fraction of sp³-hybridized carbons (Fsp3) is 0.182. The van der Waals surface area contributed by atoms with Crippen molar-refractivity contribution in [3.8, 4) is 0 Å². The normalized spacial score (nSPS) is 9.67. The van der Waals surface area contributed by atoms with Crippen LogP contribution in [-0.2, 0) is 14.7 Å². The standard InChI is InChI=1S/C11H11.3ClH.Ti/c1-8-6-7-9(2)11-5-3-4-10(8)11;;;;/h3-7H,1-2H3;3*1H;/q-1;;;;+4/p-3. The number of halogens is 3. The molecule has 0 aliphatic carbocycles. The number of hydrogen-bond donors (Lipinski definition) is 0. The molecular weight excluding hydrogens is 286 g/mol. The maximum absolute atomic E-state index is 4.97. The van der Waals surface area contributed by atoms with E-state index < -0.39 is 14.7 Å². The Labute approximate surface area is 108 Å². The fourth-order valence-corrected chi connectivity index (χ4v) is 1.54. The van der Waals surface area contributed by atoms with E-state index in [4.69, 9.17) is 27.9 Å². The van der Waals surface area contributed by atoms with Crippen molar-refractivity contribution in [2.24, 2.45) is 0 Å². The van der Waals surface area contributed by atoms with Crippen LogP contribution >= 0.6 is 27.9 Å². The molecule has 0 N–H and O–H groups in total. The van der Waals surface area contributed by atoms with E-state index >= 15 is 0 Å². The third-order valence-electron chi connectivity index (χ3n) is 2.25. The number of hydrogen-bond acceptors (Lipinski definition) is 0. The summed E-state index contributed by atoms with van der Waals surface area (Å²) in [7, 11) is 14.9. The van der Waals surface area contributed by atoms with Gasteiger partial charge in [0.15, 0.2) is 0 Å². The molecule has 0 spiro atoms. The van der Waals surface area contributed by atoms with Gasteiger partial charge in [0.25, 0.3) is 0 Å². The van der Waals surface area contributed by atoms with Gasteiger partial charge in [-0.2, -0.15) is 12.1 Å². The van der Waals surface area contributed by atoms with Crippen molar-refractivity contribution in [1.82, 2.24) is 0 Å². The van der Waals surface area contributed by atoms with Gasteiger partial charge in [0.05, 0.1) is 0 Å². The van der Waals surface area contributed by atoms with Gasteiger partial charge in [-0.05, 0) is 6.92 Å². The molecule has 4 heteroatoms. The fourth-order valence-electron chi connectivity index (χ4n) is 1.54. The van der Waals surface area contributed by atoms with E-state index in [1.54, 1.807) is 0 Å². The van der Waals surface area contributed by atoms with Crippen LogP contribution in [0.4, 0.5) is 0 Å². The summed E-state index contributed by atoms with van der Waals surface area (Å²) in [4.78, 5) is 0.